The van der Waals surface area contributed by atoms with Crippen LogP contribution in [0.25, 0.3) is 44.5 Å². The van der Waals surface area contributed by atoms with Crippen LogP contribution in [-0.2, 0) is 27.1 Å². The van der Waals surface area contributed by atoms with Crippen molar-refractivity contribution in [3.63, 3.8) is 0 Å². The number of para-hydroxylation sites is 5. The summed E-state index contributed by atoms with van der Waals surface area (Å²) in [5.74, 6) is 1.75. The third-order valence-electron chi connectivity index (χ3n) is 23.2. The molecule has 0 saturated carbocycles. The van der Waals surface area contributed by atoms with Crippen LogP contribution in [0.1, 0.15) is 132 Å². The summed E-state index contributed by atoms with van der Waals surface area (Å²) in [5, 5.41) is 0. The second-order valence-electron chi connectivity index (χ2n) is 33.4. The van der Waals surface area contributed by atoms with Crippen LogP contribution in [0.3, 0.4) is 0 Å². The van der Waals surface area contributed by atoms with Crippen LogP contribution < -0.4 is 35.8 Å². The molecule has 0 amide bonds. The lowest BCUT2D eigenvalue weighted by Gasteiger charge is -2.47. The Hall–Kier alpha value is -11.7. The Kier molecular flexibility index (Phi) is 15.5. The Balaban J connectivity index is 1.00. The first-order valence-corrected chi connectivity index (χ1v) is 37.7. The summed E-state index contributed by atoms with van der Waals surface area (Å²) in [5.41, 5.74) is 33.7. The average molecular weight is 1370 g/mol. The van der Waals surface area contributed by atoms with E-state index in [0.717, 1.165) is 90.5 Å². The van der Waals surface area contributed by atoms with Crippen LogP contribution >= 0.6 is 0 Å². The minimum atomic E-state index is -0.758. The molecule has 5 heteroatoms. The molecule has 0 atom stereocenters. The van der Waals surface area contributed by atoms with Gasteiger partial charge >= 0.3 is 0 Å². The summed E-state index contributed by atoms with van der Waals surface area (Å²) in [7, 11) is 0. The molecule has 18 rings (SSSR count). The Bertz CT molecular complexity index is 5740. The van der Waals surface area contributed by atoms with Gasteiger partial charge in [0.2, 0.25) is 0 Å². The van der Waals surface area contributed by atoms with Gasteiger partial charge in [0.15, 0.2) is 0 Å². The van der Waals surface area contributed by atoms with E-state index in [2.05, 4.69) is 413 Å². The minimum absolute atomic E-state index is 0.0913. The second kappa shape index (κ2) is 24.7. The fourth-order valence-corrected chi connectivity index (χ4v) is 17.8. The SMILES string of the molecule is Cc1cc(-c2ccccc2N2c3ccc(-c4ccccc4)cc3B3c4cc5c(cc4N(c4ccccc4-c4cc(C(C)(C)C)cc(C(C)(C)C)c4)c4cc(-c6ccc7c(c6)C(c6ccccc6)(c6ccccc6)c6ccccc6N7c6ccccc6)cc2c43)Oc2ccccc2C5(C)C)cc(C(C)(C)C)c1. The summed E-state index contributed by atoms with van der Waals surface area (Å²) in [6.45, 7) is 27.9. The first-order chi connectivity index (χ1) is 51.1. The maximum atomic E-state index is 7.36. The lowest BCUT2D eigenvalue weighted by molar-refractivity contribution is 0.418. The number of hydrogen-bond donors (Lipinski definition) is 0. The molecular formula is C101H88BN3O. The Morgan fingerprint density at radius 1 is 0.292 bits per heavy atom. The maximum Gasteiger partial charge on any atom is 0.252 e. The summed E-state index contributed by atoms with van der Waals surface area (Å²) in [6.07, 6.45) is 0. The highest BCUT2D eigenvalue weighted by atomic mass is 16.5. The molecule has 0 unspecified atom stereocenters. The van der Waals surface area contributed by atoms with Gasteiger partial charge in [0.25, 0.3) is 6.71 Å². The zero-order valence-electron chi connectivity index (χ0n) is 62.8. The van der Waals surface area contributed by atoms with E-state index in [9.17, 15) is 0 Å². The minimum Gasteiger partial charge on any atom is -0.457 e. The molecule has 516 valence electrons. The van der Waals surface area contributed by atoms with Crippen molar-refractivity contribution in [3.05, 3.63) is 371 Å². The van der Waals surface area contributed by atoms with Crippen molar-refractivity contribution in [3.8, 4) is 56.0 Å². The molecule has 0 saturated heterocycles. The lowest BCUT2D eigenvalue weighted by atomic mass is 9.33. The van der Waals surface area contributed by atoms with Crippen LogP contribution in [0.2, 0.25) is 0 Å². The Morgan fingerprint density at radius 2 is 0.755 bits per heavy atom. The molecule has 0 aliphatic carbocycles. The molecule has 4 heterocycles. The summed E-state index contributed by atoms with van der Waals surface area (Å²) < 4.78 is 7.36. The van der Waals surface area contributed by atoms with Gasteiger partial charge in [-0.15, -0.1) is 0 Å². The van der Waals surface area contributed by atoms with Gasteiger partial charge in [-0.1, -0.05) is 324 Å². The van der Waals surface area contributed by atoms with E-state index in [1.807, 2.05) is 0 Å². The van der Waals surface area contributed by atoms with Gasteiger partial charge in [-0.2, -0.15) is 0 Å². The number of benzene rings is 14. The monoisotopic (exact) mass is 1370 g/mol. The molecular weight excluding hydrogens is 1280 g/mol. The summed E-state index contributed by atoms with van der Waals surface area (Å²) >= 11 is 0. The number of nitrogens with zero attached hydrogens (tertiary/aromatic N) is 3. The van der Waals surface area contributed by atoms with E-state index < -0.39 is 10.8 Å². The van der Waals surface area contributed by atoms with E-state index in [0.29, 0.717) is 0 Å². The van der Waals surface area contributed by atoms with Crippen molar-refractivity contribution in [1.29, 1.82) is 0 Å². The second-order valence-corrected chi connectivity index (χ2v) is 33.4. The van der Waals surface area contributed by atoms with E-state index in [1.165, 1.54) is 88.7 Å². The topological polar surface area (TPSA) is 19.0 Å². The van der Waals surface area contributed by atoms with Crippen LogP contribution in [0.4, 0.5) is 51.2 Å². The third kappa shape index (κ3) is 10.7. The largest absolute Gasteiger partial charge is 0.457 e. The van der Waals surface area contributed by atoms with Crippen molar-refractivity contribution in [2.75, 3.05) is 14.7 Å². The van der Waals surface area contributed by atoms with E-state index in [-0.39, 0.29) is 23.0 Å². The van der Waals surface area contributed by atoms with Gasteiger partial charge in [0.1, 0.15) is 11.5 Å². The van der Waals surface area contributed by atoms with E-state index in [4.69, 9.17) is 4.74 Å². The molecule has 4 aliphatic rings. The predicted molar refractivity (Wildman–Crippen MR) is 448 cm³/mol. The first kappa shape index (κ1) is 66.3. The van der Waals surface area contributed by atoms with E-state index >= 15 is 0 Å². The molecule has 0 bridgehead atoms. The van der Waals surface area contributed by atoms with Crippen molar-refractivity contribution in [2.24, 2.45) is 0 Å². The predicted octanol–water partition coefficient (Wildman–Crippen LogP) is 25.2. The zero-order valence-corrected chi connectivity index (χ0v) is 62.8. The zero-order chi connectivity index (χ0) is 72.8. The molecule has 14 aromatic rings. The number of anilines is 9. The number of ether oxygens (including phenoxy) is 1. The fourth-order valence-electron chi connectivity index (χ4n) is 17.8. The number of hydrogen-bond acceptors (Lipinski definition) is 4. The highest BCUT2D eigenvalue weighted by Gasteiger charge is 2.50. The first-order valence-electron chi connectivity index (χ1n) is 37.7. The van der Waals surface area contributed by atoms with Crippen LogP contribution in [-0.4, -0.2) is 6.71 Å². The van der Waals surface area contributed by atoms with Gasteiger partial charge in [0.05, 0.1) is 28.2 Å². The molecule has 106 heavy (non-hydrogen) atoms. The third-order valence-corrected chi connectivity index (χ3v) is 23.2. The van der Waals surface area contributed by atoms with Gasteiger partial charge in [-0.25, -0.2) is 0 Å². The normalized spacial score (nSPS) is 14.4. The fraction of sp³-hybridized carbons (Fsp3) is 0.168. The Morgan fingerprint density at radius 3 is 1.35 bits per heavy atom. The van der Waals surface area contributed by atoms with Gasteiger partial charge in [0, 0.05) is 62.2 Å². The van der Waals surface area contributed by atoms with Crippen molar-refractivity contribution in [1.82, 2.24) is 0 Å². The number of aryl methyl sites for hydroxylation is 1. The summed E-state index contributed by atoms with van der Waals surface area (Å²) in [4.78, 5) is 7.80. The number of fused-ring (bicyclic) bond motifs is 8. The van der Waals surface area contributed by atoms with Crippen molar-refractivity contribution in [2.45, 2.75) is 110 Å². The highest BCUT2D eigenvalue weighted by Crippen LogP contribution is 2.60. The van der Waals surface area contributed by atoms with E-state index in [1.54, 1.807) is 0 Å². The summed E-state index contributed by atoms with van der Waals surface area (Å²) in [6, 6.07) is 120. The maximum absolute atomic E-state index is 7.36. The van der Waals surface area contributed by atoms with Gasteiger partial charge < -0.3 is 19.4 Å². The molecule has 4 aliphatic heterocycles. The van der Waals surface area contributed by atoms with Crippen molar-refractivity contribution >= 4 is 74.3 Å². The number of rotatable bonds is 9. The highest BCUT2D eigenvalue weighted by molar-refractivity contribution is 7.00. The molecule has 14 aromatic carbocycles. The van der Waals surface area contributed by atoms with Crippen LogP contribution in [0.15, 0.2) is 315 Å². The lowest BCUT2D eigenvalue weighted by Crippen LogP contribution is -2.61. The van der Waals surface area contributed by atoms with Gasteiger partial charge in [-0.3, -0.25) is 0 Å². The van der Waals surface area contributed by atoms with Crippen LogP contribution in [0.5, 0.6) is 11.5 Å². The molecule has 0 spiro atoms. The standard InChI is InChI=1S/C101H88BN3O/c1-65-53-70(55-74(54-65)97(2,3)4)78-41-25-29-45-86(78)104-90-52-50-68(66-33-17-13-18-34-66)59-84(90)102-85-63-83-95(106-94-48-32-28-44-81(94)100(83,11)12)64-91(85)105(87-46-30-26-42-79(87)71-56-75(98(5,6)7)62-76(57-71)99(8,9)10)93-61-69(60-92(104)96(93)102)67-49-51-89-82(58-67)101(72-35-19-14-20-36-72,73-37-21-15-22-38-73)80-43-27-31-47-88(80)103(89)77-39-23-16-24-40-77/h13-64H,1-12H3. The van der Waals surface area contributed by atoms with Crippen LogP contribution in [0, 0.1) is 6.92 Å². The molecule has 0 aromatic heterocycles. The molecule has 0 N–H and O–H groups in total. The molecule has 0 fully saturated rings. The Labute approximate surface area is 627 Å². The molecule has 4 nitrogen and oxygen atoms in total. The smallest absolute Gasteiger partial charge is 0.252 e. The molecule has 0 radical (unpaired) electrons. The van der Waals surface area contributed by atoms with Crippen molar-refractivity contribution < 1.29 is 4.74 Å². The average Bonchev–Trinajstić information content (AvgIpc) is 0.692. The van der Waals surface area contributed by atoms with Gasteiger partial charge in [-0.05, 0) is 179 Å². The quantitative estimate of drug-likeness (QED) is 0.134.